The van der Waals surface area contributed by atoms with Crippen molar-refractivity contribution in [1.29, 1.82) is 0 Å². The molecule has 7 heteroatoms. The molecule has 0 spiro atoms. The number of nitrogens with one attached hydrogen (secondary N) is 2. The molecule has 1 aliphatic rings. The van der Waals surface area contributed by atoms with E-state index in [1.165, 1.54) is 5.56 Å². The van der Waals surface area contributed by atoms with Crippen molar-refractivity contribution in [2.45, 2.75) is 19.8 Å². The summed E-state index contributed by atoms with van der Waals surface area (Å²) in [7, 11) is 1.66. The number of ether oxygens (including phenoxy) is 2. The molecule has 1 amide bonds. The summed E-state index contributed by atoms with van der Waals surface area (Å²) in [6.07, 6.45) is 1.77. The number of para-hydroxylation sites is 1. The first kappa shape index (κ1) is 20.2. The monoisotopic (exact) mass is 362 g/mol. The summed E-state index contributed by atoms with van der Waals surface area (Å²) < 4.78 is 10.4. The van der Waals surface area contributed by atoms with Crippen LogP contribution >= 0.6 is 0 Å². The van der Waals surface area contributed by atoms with Gasteiger partial charge in [0.2, 0.25) is 5.91 Å². The van der Waals surface area contributed by atoms with Crippen LogP contribution in [0.4, 0.5) is 5.69 Å². The van der Waals surface area contributed by atoms with Crippen LogP contribution in [0, 0.1) is 0 Å². The number of benzene rings is 1. The van der Waals surface area contributed by atoms with Gasteiger partial charge in [0, 0.05) is 39.0 Å². The van der Waals surface area contributed by atoms with Crippen molar-refractivity contribution < 1.29 is 14.3 Å². The first-order chi connectivity index (χ1) is 12.8. The van der Waals surface area contributed by atoms with Crippen molar-refractivity contribution in [2.75, 3.05) is 58.0 Å². The summed E-state index contributed by atoms with van der Waals surface area (Å²) in [6.45, 7) is 6.24. The first-order valence-electron chi connectivity index (χ1n) is 9.23. The molecule has 0 aliphatic carbocycles. The van der Waals surface area contributed by atoms with Crippen molar-refractivity contribution in [1.82, 2.24) is 10.6 Å². The van der Waals surface area contributed by atoms with Gasteiger partial charge in [-0.15, -0.1) is 0 Å². The number of carbonyl (C=O) groups is 1. The lowest BCUT2D eigenvalue weighted by atomic mass is 10.2. The molecule has 1 heterocycles. The average Bonchev–Trinajstić information content (AvgIpc) is 3.09. The van der Waals surface area contributed by atoms with E-state index < -0.39 is 0 Å². The van der Waals surface area contributed by atoms with Crippen LogP contribution in [0.5, 0.6) is 0 Å². The molecule has 0 saturated carbocycles. The van der Waals surface area contributed by atoms with Gasteiger partial charge in [0.25, 0.3) is 0 Å². The molecule has 144 valence electrons. The van der Waals surface area contributed by atoms with Crippen molar-refractivity contribution >= 4 is 17.6 Å². The average molecular weight is 362 g/mol. The molecule has 0 unspecified atom stereocenters. The molecular formula is C19H30N4O3. The molecule has 0 bridgehead atoms. The van der Waals surface area contributed by atoms with Crippen LogP contribution in [0.2, 0.25) is 0 Å². The lowest BCUT2D eigenvalue weighted by Crippen LogP contribution is -2.39. The van der Waals surface area contributed by atoms with Crippen molar-refractivity contribution in [3.8, 4) is 0 Å². The number of hydrogen-bond acceptors (Lipinski definition) is 4. The molecular weight excluding hydrogens is 332 g/mol. The maximum Gasteiger partial charge on any atom is 0.248 e. The Morgan fingerprint density at radius 3 is 2.88 bits per heavy atom. The molecule has 0 radical (unpaired) electrons. The molecule has 1 aromatic carbocycles. The second-order valence-corrected chi connectivity index (χ2v) is 6.00. The van der Waals surface area contributed by atoms with E-state index in [-0.39, 0.29) is 12.5 Å². The fourth-order valence-electron chi connectivity index (χ4n) is 2.80. The Labute approximate surface area is 155 Å². The van der Waals surface area contributed by atoms with Crippen molar-refractivity contribution in [3.63, 3.8) is 0 Å². The predicted molar refractivity (Wildman–Crippen MR) is 104 cm³/mol. The molecule has 26 heavy (non-hydrogen) atoms. The van der Waals surface area contributed by atoms with E-state index in [1.807, 2.05) is 30.0 Å². The van der Waals surface area contributed by atoms with Crippen LogP contribution in [0.15, 0.2) is 29.3 Å². The van der Waals surface area contributed by atoms with Crippen LogP contribution in [0.1, 0.15) is 18.9 Å². The van der Waals surface area contributed by atoms with E-state index in [0.29, 0.717) is 25.8 Å². The number of guanidine groups is 1. The molecule has 1 aromatic rings. The van der Waals surface area contributed by atoms with Crippen LogP contribution in [-0.2, 0) is 20.7 Å². The third-order valence-electron chi connectivity index (χ3n) is 4.09. The van der Waals surface area contributed by atoms with Crippen LogP contribution in [0.3, 0.4) is 0 Å². The first-order valence-corrected chi connectivity index (χ1v) is 9.23. The van der Waals surface area contributed by atoms with Crippen LogP contribution in [-0.4, -0.2) is 65.0 Å². The van der Waals surface area contributed by atoms with Crippen LogP contribution in [0.25, 0.3) is 0 Å². The Kier molecular flexibility index (Phi) is 8.92. The fourth-order valence-corrected chi connectivity index (χ4v) is 2.80. The lowest BCUT2D eigenvalue weighted by molar-refractivity contribution is -0.117. The van der Waals surface area contributed by atoms with Gasteiger partial charge in [-0.1, -0.05) is 18.2 Å². The number of hydrogen-bond donors (Lipinski definition) is 2. The Morgan fingerprint density at radius 1 is 1.23 bits per heavy atom. The highest BCUT2D eigenvalue weighted by atomic mass is 16.5. The minimum Gasteiger partial charge on any atom is -0.382 e. The number of aliphatic imine (C=N–C) groups is 1. The minimum absolute atomic E-state index is 0.0232. The molecule has 0 fully saturated rings. The highest BCUT2D eigenvalue weighted by Crippen LogP contribution is 2.27. The standard InChI is InChI=1S/C19H30N4O3/c1-3-20-19(21-10-6-12-26-14-13-25-2)22-15-18(24)23-11-9-16-7-4-5-8-17(16)23/h4-5,7-8H,3,6,9-15H2,1-2H3,(H2,20,21,22). The van der Waals surface area contributed by atoms with Crippen molar-refractivity contribution in [3.05, 3.63) is 29.8 Å². The number of nitrogens with zero attached hydrogens (tertiary/aromatic N) is 2. The van der Waals surface area contributed by atoms with Crippen LogP contribution < -0.4 is 15.5 Å². The SMILES string of the molecule is CCNC(=NCC(=O)N1CCc2ccccc21)NCCCOCCOC. The third kappa shape index (κ3) is 6.31. The Balaban J connectivity index is 1.76. The second-order valence-electron chi connectivity index (χ2n) is 6.00. The zero-order chi connectivity index (χ0) is 18.6. The fraction of sp³-hybridized carbons (Fsp3) is 0.579. The topological polar surface area (TPSA) is 75.2 Å². The van der Waals surface area contributed by atoms with Gasteiger partial charge in [0.15, 0.2) is 5.96 Å². The number of fused-ring (bicyclic) bond motifs is 1. The number of carbonyl (C=O) groups excluding carboxylic acids is 1. The van der Waals surface area contributed by atoms with Gasteiger partial charge in [-0.25, -0.2) is 4.99 Å². The number of anilines is 1. The van der Waals surface area contributed by atoms with Gasteiger partial charge >= 0.3 is 0 Å². The molecule has 0 atom stereocenters. The van der Waals surface area contributed by atoms with E-state index >= 15 is 0 Å². The number of methoxy groups -OCH3 is 1. The lowest BCUT2D eigenvalue weighted by Gasteiger charge is -2.17. The maximum absolute atomic E-state index is 12.5. The minimum atomic E-state index is 0.0232. The van der Waals surface area contributed by atoms with E-state index in [1.54, 1.807) is 7.11 Å². The number of rotatable bonds is 10. The van der Waals surface area contributed by atoms with E-state index in [2.05, 4.69) is 21.7 Å². The summed E-state index contributed by atoms with van der Waals surface area (Å²) in [5.74, 6) is 0.681. The van der Waals surface area contributed by atoms with E-state index in [0.717, 1.165) is 38.2 Å². The summed E-state index contributed by atoms with van der Waals surface area (Å²) in [5.41, 5.74) is 2.24. The van der Waals surface area contributed by atoms with Gasteiger partial charge in [0.1, 0.15) is 6.54 Å². The summed E-state index contributed by atoms with van der Waals surface area (Å²) in [6, 6.07) is 8.05. The van der Waals surface area contributed by atoms with Gasteiger partial charge in [-0.2, -0.15) is 0 Å². The molecule has 1 aliphatic heterocycles. The normalized spacial score (nSPS) is 13.6. The zero-order valence-electron chi connectivity index (χ0n) is 15.8. The summed E-state index contributed by atoms with van der Waals surface area (Å²) >= 11 is 0. The predicted octanol–water partition coefficient (Wildman–Crippen LogP) is 1.18. The molecule has 2 rings (SSSR count). The van der Waals surface area contributed by atoms with E-state index in [9.17, 15) is 4.79 Å². The Hall–Kier alpha value is -2.12. The zero-order valence-corrected chi connectivity index (χ0v) is 15.8. The Bertz CT molecular complexity index is 592. The smallest absolute Gasteiger partial charge is 0.248 e. The maximum atomic E-state index is 12.5. The van der Waals surface area contributed by atoms with Gasteiger partial charge in [-0.3, -0.25) is 4.79 Å². The quantitative estimate of drug-likeness (QED) is 0.371. The number of amides is 1. The molecule has 2 N–H and O–H groups in total. The summed E-state index contributed by atoms with van der Waals surface area (Å²) in [4.78, 5) is 18.8. The van der Waals surface area contributed by atoms with Gasteiger partial charge in [-0.05, 0) is 31.4 Å². The second kappa shape index (κ2) is 11.5. The summed E-state index contributed by atoms with van der Waals surface area (Å²) in [5, 5.41) is 6.40. The van der Waals surface area contributed by atoms with Gasteiger partial charge in [0.05, 0.1) is 13.2 Å². The van der Waals surface area contributed by atoms with Crippen molar-refractivity contribution in [2.24, 2.45) is 4.99 Å². The highest BCUT2D eigenvalue weighted by Gasteiger charge is 2.23. The molecule has 0 aromatic heterocycles. The largest absolute Gasteiger partial charge is 0.382 e. The highest BCUT2D eigenvalue weighted by molar-refractivity contribution is 5.98. The third-order valence-corrected chi connectivity index (χ3v) is 4.09. The van der Waals surface area contributed by atoms with Gasteiger partial charge < -0.3 is 25.0 Å². The molecule has 0 saturated heterocycles. The van der Waals surface area contributed by atoms with E-state index in [4.69, 9.17) is 9.47 Å². The Morgan fingerprint density at radius 2 is 2.08 bits per heavy atom. The molecule has 7 nitrogen and oxygen atoms in total.